The van der Waals surface area contributed by atoms with Crippen molar-refractivity contribution in [3.05, 3.63) is 34.9 Å². The Kier molecular flexibility index (Phi) is 4.99. The Morgan fingerprint density at radius 1 is 1.10 bits per heavy atom. The van der Waals surface area contributed by atoms with Crippen molar-refractivity contribution < 1.29 is 14.3 Å². The topological polar surface area (TPSA) is 55.4 Å². The number of carbonyl (C=O) groups excluding carboxylic acids is 2. The molecule has 1 aromatic carbocycles. The van der Waals surface area contributed by atoms with Crippen molar-refractivity contribution in [1.29, 1.82) is 0 Å². The summed E-state index contributed by atoms with van der Waals surface area (Å²) < 4.78 is 4.78. The van der Waals surface area contributed by atoms with Gasteiger partial charge in [0.2, 0.25) is 0 Å². The highest BCUT2D eigenvalue weighted by Crippen LogP contribution is 2.25. The van der Waals surface area contributed by atoms with E-state index in [9.17, 15) is 9.59 Å². The molecule has 0 saturated heterocycles. The van der Waals surface area contributed by atoms with Crippen LogP contribution < -0.4 is 5.32 Å². The number of nitrogens with one attached hydrogen (secondary N) is 1. The monoisotopic (exact) mass is 289 g/mol. The summed E-state index contributed by atoms with van der Waals surface area (Å²) in [4.78, 5) is 23.9. The Hall–Kier alpha value is -1.84. The Labute approximate surface area is 125 Å². The number of hydrogen-bond donors (Lipinski definition) is 1. The fourth-order valence-electron chi connectivity index (χ4n) is 3.07. The van der Waals surface area contributed by atoms with Crippen molar-refractivity contribution in [1.82, 2.24) is 5.32 Å². The zero-order valence-electron chi connectivity index (χ0n) is 12.9. The van der Waals surface area contributed by atoms with Gasteiger partial charge in [-0.3, -0.25) is 9.59 Å². The highest BCUT2D eigenvalue weighted by molar-refractivity contribution is 5.97. The maximum Gasteiger partial charge on any atom is 0.308 e. The van der Waals surface area contributed by atoms with Crippen molar-refractivity contribution in [2.24, 2.45) is 5.92 Å². The molecule has 1 N–H and O–H groups in total. The molecule has 1 amide bonds. The maximum absolute atomic E-state index is 12.4. The number of esters is 1. The van der Waals surface area contributed by atoms with Gasteiger partial charge in [0.15, 0.2) is 0 Å². The number of hydrogen-bond acceptors (Lipinski definition) is 3. The molecule has 4 nitrogen and oxygen atoms in total. The number of methoxy groups -OCH3 is 1. The van der Waals surface area contributed by atoms with E-state index >= 15 is 0 Å². The van der Waals surface area contributed by atoms with Crippen molar-refractivity contribution in [2.45, 2.75) is 45.6 Å². The van der Waals surface area contributed by atoms with Gasteiger partial charge in [-0.25, -0.2) is 0 Å². The van der Waals surface area contributed by atoms with Crippen molar-refractivity contribution in [3.8, 4) is 0 Å². The third-order valence-corrected chi connectivity index (χ3v) is 4.31. The highest BCUT2D eigenvalue weighted by atomic mass is 16.5. The number of amides is 1. The normalized spacial score (nSPS) is 21.7. The second kappa shape index (κ2) is 6.74. The van der Waals surface area contributed by atoms with E-state index in [2.05, 4.69) is 5.32 Å². The number of ether oxygens (including phenoxy) is 1. The number of aryl methyl sites for hydroxylation is 2. The zero-order valence-corrected chi connectivity index (χ0v) is 12.9. The summed E-state index contributed by atoms with van der Waals surface area (Å²) >= 11 is 0. The number of carbonyl (C=O) groups is 2. The maximum atomic E-state index is 12.4. The van der Waals surface area contributed by atoms with Gasteiger partial charge in [0.1, 0.15) is 0 Å². The molecule has 0 spiro atoms. The fraction of sp³-hybridized carbons (Fsp3) is 0.529. The van der Waals surface area contributed by atoms with Crippen LogP contribution in [0.4, 0.5) is 0 Å². The van der Waals surface area contributed by atoms with Crippen LogP contribution in [0.3, 0.4) is 0 Å². The molecule has 0 bridgehead atoms. The molecule has 1 aliphatic rings. The molecule has 4 heteroatoms. The van der Waals surface area contributed by atoms with Crippen LogP contribution in [0, 0.1) is 19.8 Å². The molecule has 1 fully saturated rings. The van der Waals surface area contributed by atoms with E-state index in [1.54, 1.807) is 0 Å². The van der Waals surface area contributed by atoms with Crippen LogP contribution in [0.25, 0.3) is 0 Å². The predicted octanol–water partition coefficient (Wildman–Crippen LogP) is 2.77. The minimum atomic E-state index is -0.130. The van der Waals surface area contributed by atoms with Crippen molar-refractivity contribution in [3.63, 3.8) is 0 Å². The average molecular weight is 289 g/mol. The first-order valence-electron chi connectivity index (χ1n) is 7.47. The van der Waals surface area contributed by atoms with E-state index in [0.717, 1.165) is 42.4 Å². The Bertz CT molecular complexity index is 511. The summed E-state index contributed by atoms with van der Waals surface area (Å²) in [6.45, 7) is 3.91. The smallest absolute Gasteiger partial charge is 0.308 e. The lowest BCUT2D eigenvalue weighted by Crippen LogP contribution is -2.39. The van der Waals surface area contributed by atoms with Gasteiger partial charge in [0.25, 0.3) is 5.91 Å². The summed E-state index contributed by atoms with van der Waals surface area (Å²) in [6, 6.07) is 6.02. The van der Waals surface area contributed by atoms with Crippen LogP contribution in [-0.2, 0) is 9.53 Å². The van der Waals surface area contributed by atoms with E-state index in [0.29, 0.717) is 0 Å². The lowest BCUT2D eigenvalue weighted by molar-refractivity contribution is -0.146. The van der Waals surface area contributed by atoms with E-state index < -0.39 is 0 Å². The summed E-state index contributed by atoms with van der Waals surface area (Å²) in [5.74, 6) is -0.148. The minimum Gasteiger partial charge on any atom is -0.469 e. The van der Waals surface area contributed by atoms with E-state index in [1.165, 1.54) is 7.11 Å². The Morgan fingerprint density at radius 3 is 2.19 bits per heavy atom. The van der Waals surface area contributed by atoms with Crippen LogP contribution in [0.15, 0.2) is 18.2 Å². The molecule has 0 atom stereocenters. The van der Waals surface area contributed by atoms with Crippen LogP contribution in [0.5, 0.6) is 0 Å². The molecule has 21 heavy (non-hydrogen) atoms. The summed E-state index contributed by atoms with van der Waals surface area (Å²) in [5, 5.41) is 3.10. The molecular weight excluding hydrogens is 266 g/mol. The lowest BCUT2D eigenvalue weighted by atomic mass is 9.86. The van der Waals surface area contributed by atoms with Gasteiger partial charge in [-0.1, -0.05) is 18.2 Å². The summed E-state index contributed by atoms with van der Waals surface area (Å²) in [6.07, 6.45) is 3.22. The van der Waals surface area contributed by atoms with E-state index in [4.69, 9.17) is 4.74 Å². The van der Waals surface area contributed by atoms with Crippen LogP contribution in [0.2, 0.25) is 0 Å². The molecule has 0 aromatic heterocycles. The molecule has 2 rings (SSSR count). The molecule has 1 aromatic rings. The molecule has 0 heterocycles. The quantitative estimate of drug-likeness (QED) is 0.871. The van der Waals surface area contributed by atoms with Crippen LogP contribution >= 0.6 is 0 Å². The van der Waals surface area contributed by atoms with Crippen LogP contribution in [0.1, 0.15) is 47.2 Å². The minimum absolute atomic E-state index is 0.00730. The van der Waals surface area contributed by atoms with Crippen LogP contribution in [-0.4, -0.2) is 25.0 Å². The molecule has 114 valence electrons. The van der Waals surface area contributed by atoms with Gasteiger partial charge in [0.05, 0.1) is 13.0 Å². The molecule has 1 aliphatic carbocycles. The highest BCUT2D eigenvalue weighted by Gasteiger charge is 2.28. The first-order valence-corrected chi connectivity index (χ1v) is 7.47. The lowest BCUT2D eigenvalue weighted by Gasteiger charge is -2.28. The van der Waals surface area contributed by atoms with Crippen molar-refractivity contribution >= 4 is 11.9 Å². The van der Waals surface area contributed by atoms with E-state index in [-0.39, 0.29) is 23.8 Å². The number of rotatable bonds is 3. The average Bonchev–Trinajstić information content (AvgIpc) is 2.47. The SMILES string of the molecule is COC(=O)C1CCC(NC(=O)c2c(C)cccc2C)CC1. The second-order valence-corrected chi connectivity index (χ2v) is 5.81. The van der Waals surface area contributed by atoms with Gasteiger partial charge in [-0.05, 0) is 50.7 Å². The Morgan fingerprint density at radius 2 is 1.67 bits per heavy atom. The largest absolute Gasteiger partial charge is 0.469 e. The van der Waals surface area contributed by atoms with Gasteiger partial charge in [0, 0.05) is 11.6 Å². The molecular formula is C17H23NO3. The molecule has 0 unspecified atom stereocenters. The van der Waals surface area contributed by atoms with Gasteiger partial charge in [-0.2, -0.15) is 0 Å². The first kappa shape index (κ1) is 15.5. The predicted molar refractivity (Wildman–Crippen MR) is 81.1 cm³/mol. The second-order valence-electron chi connectivity index (χ2n) is 5.81. The summed E-state index contributed by atoms with van der Waals surface area (Å²) in [5.41, 5.74) is 2.76. The molecule has 1 saturated carbocycles. The van der Waals surface area contributed by atoms with E-state index in [1.807, 2.05) is 32.0 Å². The molecule has 0 aliphatic heterocycles. The van der Waals surface area contributed by atoms with Gasteiger partial charge in [-0.15, -0.1) is 0 Å². The van der Waals surface area contributed by atoms with Gasteiger partial charge < -0.3 is 10.1 Å². The fourth-order valence-corrected chi connectivity index (χ4v) is 3.07. The summed E-state index contributed by atoms with van der Waals surface area (Å²) in [7, 11) is 1.43. The molecule has 0 radical (unpaired) electrons. The Balaban J connectivity index is 1.95. The first-order chi connectivity index (χ1) is 10.0. The van der Waals surface area contributed by atoms with Gasteiger partial charge >= 0.3 is 5.97 Å². The zero-order chi connectivity index (χ0) is 15.4. The standard InChI is InChI=1S/C17H23NO3/c1-11-5-4-6-12(2)15(11)16(19)18-14-9-7-13(8-10-14)17(20)21-3/h4-6,13-14H,7-10H2,1-3H3,(H,18,19). The van der Waals surface area contributed by atoms with Crippen molar-refractivity contribution in [2.75, 3.05) is 7.11 Å². The third-order valence-electron chi connectivity index (χ3n) is 4.31. The number of benzene rings is 1. The third kappa shape index (κ3) is 3.63.